The second-order valence-electron chi connectivity index (χ2n) is 5.28. The zero-order chi connectivity index (χ0) is 14.1. The molecule has 0 aromatic heterocycles. The summed E-state index contributed by atoms with van der Waals surface area (Å²) in [5.41, 5.74) is 7.60. The molecule has 0 fully saturated rings. The Bertz CT molecular complexity index is 377. The van der Waals surface area contributed by atoms with Crippen LogP contribution in [0.5, 0.6) is 0 Å². The lowest BCUT2D eigenvalue weighted by Gasteiger charge is -2.08. The molecular formula is C16H27ClN2O. The van der Waals surface area contributed by atoms with E-state index >= 15 is 0 Å². The van der Waals surface area contributed by atoms with Crippen molar-refractivity contribution in [2.45, 2.75) is 51.9 Å². The van der Waals surface area contributed by atoms with Crippen LogP contribution in [0.1, 0.15) is 57.4 Å². The lowest BCUT2D eigenvalue weighted by atomic mass is 10.0. The molecule has 0 heterocycles. The summed E-state index contributed by atoms with van der Waals surface area (Å²) in [6.07, 6.45) is 4.79. The van der Waals surface area contributed by atoms with Crippen molar-refractivity contribution in [3.05, 3.63) is 29.8 Å². The predicted molar refractivity (Wildman–Crippen MR) is 88.5 cm³/mol. The summed E-state index contributed by atoms with van der Waals surface area (Å²) in [5, 5.41) is 2.94. The summed E-state index contributed by atoms with van der Waals surface area (Å²) in [6.45, 7) is 5.07. The van der Waals surface area contributed by atoms with E-state index < -0.39 is 0 Å². The second-order valence-corrected chi connectivity index (χ2v) is 5.28. The second kappa shape index (κ2) is 10.7. The van der Waals surface area contributed by atoms with Crippen LogP contribution in [-0.4, -0.2) is 12.5 Å². The number of unbranched alkanes of at least 4 members (excludes halogenated alkanes) is 3. The molecule has 114 valence electrons. The molecule has 20 heavy (non-hydrogen) atoms. The average molecular weight is 299 g/mol. The van der Waals surface area contributed by atoms with Crippen LogP contribution in [0.3, 0.4) is 0 Å². The van der Waals surface area contributed by atoms with E-state index in [0.717, 1.165) is 37.9 Å². The van der Waals surface area contributed by atoms with E-state index in [1.807, 2.05) is 12.1 Å². The Morgan fingerprint density at radius 3 is 2.25 bits per heavy atom. The number of benzene rings is 1. The van der Waals surface area contributed by atoms with Crippen LogP contribution in [0.2, 0.25) is 0 Å². The van der Waals surface area contributed by atoms with Gasteiger partial charge in [0.25, 0.3) is 0 Å². The maximum absolute atomic E-state index is 11.7. The number of amides is 1. The van der Waals surface area contributed by atoms with Crippen molar-refractivity contribution in [1.29, 1.82) is 0 Å². The number of nitrogens with one attached hydrogen (secondary N) is 1. The van der Waals surface area contributed by atoms with E-state index in [4.69, 9.17) is 5.73 Å². The van der Waals surface area contributed by atoms with Gasteiger partial charge in [-0.15, -0.1) is 12.4 Å². The highest BCUT2D eigenvalue weighted by atomic mass is 35.5. The first kappa shape index (κ1) is 18.9. The molecule has 1 rings (SSSR count). The lowest BCUT2D eigenvalue weighted by Crippen LogP contribution is -2.11. The summed E-state index contributed by atoms with van der Waals surface area (Å²) in [4.78, 5) is 11.7. The number of hydrogen-bond acceptors (Lipinski definition) is 2. The summed E-state index contributed by atoms with van der Waals surface area (Å²) >= 11 is 0. The largest absolute Gasteiger partial charge is 0.330 e. The summed E-state index contributed by atoms with van der Waals surface area (Å²) in [5.74, 6) is 0.623. The summed E-state index contributed by atoms with van der Waals surface area (Å²) < 4.78 is 0. The zero-order valence-corrected chi connectivity index (χ0v) is 13.3. The van der Waals surface area contributed by atoms with Gasteiger partial charge in [-0.3, -0.25) is 4.79 Å². The van der Waals surface area contributed by atoms with Gasteiger partial charge in [0.1, 0.15) is 0 Å². The molecule has 3 N–H and O–H groups in total. The first-order valence-electron chi connectivity index (χ1n) is 7.23. The Morgan fingerprint density at radius 1 is 1.10 bits per heavy atom. The van der Waals surface area contributed by atoms with Gasteiger partial charge in [0.2, 0.25) is 5.91 Å². The highest BCUT2D eigenvalue weighted by Crippen LogP contribution is 2.17. The Labute approximate surface area is 128 Å². The van der Waals surface area contributed by atoms with Crippen molar-refractivity contribution in [1.82, 2.24) is 0 Å². The number of carbonyl (C=O) groups excluding carboxylic acids is 1. The van der Waals surface area contributed by atoms with Crippen molar-refractivity contribution in [3.63, 3.8) is 0 Å². The SMILES string of the molecule is CC(C)c1ccc(NC(=O)CCCCCCN)cc1.Cl. The fourth-order valence-corrected chi connectivity index (χ4v) is 1.96. The molecule has 0 atom stereocenters. The van der Waals surface area contributed by atoms with E-state index in [1.165, 1.54) is 5.56 Å². The normalized spacial score (nSPS) is 10.2. The molecule has 3 nitrogen and oxygen atoms in total. The van der Waals surface area contributed by atoms with E-state index in [2.05, 4.69) is 31.3 Å². The Morgan fingerprint density at radius 2 is 1.70 bits per heavy atom. The minimum Gasteiger partial charge on any atom is -0.330 e. The molecule has 0 radical (unpaired) electrons. The smallest absolute Gasteiger partial charge is 0.224 e. The van der Waals surface area contributed by atoms with Crippen LogP contribution in [0, 0.1) is 0 Å². The number of anilines is 1. The third-order valence-electron chi connectivity index (χ3n) is 3.22. The minimum absolute atomic E-state index is 0. The van der Waals surface area contributed by atoms with Crippen molar-refractivity contribution < 1.29 is 4.79 Å². The number of carbonyl (C=O) groups is 1. The maximum atomic E-state index is 11.7. The Kier molecular flexibility index (Phi) is 10.1. The average Bonchev–Trinajstić information content (AvgIpc) is 2.39. The van der Waals surface area contributed by atoms with Gasteiger partial charge in [-0.1, -0.05) is 38.8 Å². The molecule has 1 amide bonds. The summed E-state index contributed by atoms with van der Waals surface area (Å²) in [6, 6.07) is 8.09. The maximum Gasteiger partial charge on any atom is 0.224 e. The molecule has 0 unspecified atom stereocenters. The third kappa shape index (κ3) is 7.51. The number of halogens is 1. The molecular weight excluding hydrogens is 272 g/mol. The van der Waals surface area contributed by atoms with Gasteiger partial charge in [0.15, 0.2) is 0 Å². The molecule has 0 aliphatic rings. The van der Waals surface area contributed by atoms with Crippen LogP contribution >= 0.6 is 12.4 Å². The lowest BCUT2D eigenvalue weighted by molar-refractivity contribution is -0.116. The van der Waals surface area contributed by atoms with Crippen LogP contribution in [-0.2, 0) is 4.79 Å². The summed E-state index contributed by atoms with van der Waals surface area (Å²) in [7, 11) is 0. The van der Waals surface area contributed by atoms with Crippen molar-refractivity contribution >= 4 is 24.0 Å². The topological polar surface area (TPSA) is 55.1 Å². The van der Waals surface area contributed by atoms with Gasteiger partial charge in [0, 0.05) is 12.1 Å². The number of nitrogens with two attached hydrogens (primary N) is 1. The van der Waals surface area contributed by atoms with Gasteiger partial charge in [-0.25, -0.2) is 0 Å². The fourth-order valence-electron chi connectivity index (χ4n) is 1.96. The molecule has 1 aromatic carbocycles. The van der Waals surface area contributed by atoms with Crippen molar-refractivity contribution in [2.24, 2.45) is 5.73 Å². The monoisotopic (exact) mass is 298 g/mol. The first-order chi connectivity index (χ1) is 9.13. The highest BCUT2D eigenvalue weighted by Gasteiger charge is 2.03. The third-order valence-corrected chi connectivity index (χ3v) is 3.22. The Hall–Kier alpha value is -1.06. The van der Waals surface area contributed by atoms with Gasteiger partial charge >= 0.3 is 0 Å². The minimum atomic E-state index is 0. The van der Waals surface area contributed by atoms with Crippen LogP contribution in [0.25, 0.3) is 0 Å². The van der Waals surface area contributed by atoms with E-state index in [0.29, 0.717) is 12.3 Å². The van der Waals surface area contributed by atoms with Crippen LogP contribution < -0.4 is 11.1 Å². The van der Waals surface area contributed by atoms with Crippen LogP contribution in [0.4, 0.5) is 5.69 Å². The fraction of sp³-hybridized carbons (Fsp3) is 0.562. The molecule has 0 saturated heterocycles. The first-order valence-corrected chi connectivity index (χ1v) is 7.23. The molecule has 0 aliphatic carbocycles. The van der Waals surface area contributed by atoms with Gasteiger partial charge in [-0.05, 0) is 43.0 Å². The van der Waals surface area contributed by atoms with Gasteiger partial charge < -0.3 is 11.1 Å². The standard InChI is InChI=1S/C16H26N2O.ClH/c1-13(2)14-8-10-15(11-9-14)18-16(19)7-5-3-4-6-12-17;/h8-11,13H,3-7,12,17H2,1-2H3,(H,18,19);1H. The molecule has 0 saturated carbocycles. The van der Waals surface area contributed by atoms with Crippen molar-refractivity contribution in [2.75, 3.05) is 11.9 Å². The quantitative estimate of drug-likeness (QED) is 0.711. The zero-order valence-electron chi connectivity index (χ0n) is 12.5. The van der Waals surface area contributed by atoms with Gasteiger partial charge in [0.05, 0.1) is 0 Å². The molecule has 0 spiro atoms. The van der Waals surface area contributed by atoms with Gasteiger partial charge in [-0.2, -0.15) is 0 Å². The molecule has 0 aliphatic heterocycles. The number of hydrogen-bond donors (Lipinski definition) is 2. The highest BCUT2D eigenvalue weighted by molar-refractivity contribution is 5.90. The van der Waals surface area contributed by atoms with E-state index in [9.17, 15) is 4.79 Å². The van der Waals surface area contributed by atoms with Crippen molar-refractivity contribution in [3.8, 4) is 0 Å². The molecule has 1 aromatic rings. The van der Waals surface area contributed by atoms with E-state index in [-0.39, 0.29) is 18.3 Å². The Balaban J connectivity index is 0.00000361. The van der Waals surface area contributed by atoms with Crippen LogP contribution in [0.15, 0.2) is 24.3 Å². The molecule has 4 heteroatoms. The number of rotatable bonds is 8. The van der Waals surface area contributed by atoms with E-state index in [1.54, 1.807) is 0 Å². The molecule has 0 bridgehead atoms. The predicted octanol–water partition coefficient (Wildman–Crippen LogP) is 4.08.